The molecule has 2 heteroatoms. The third kappa shape index (κ3) is 3.84. The molecule has 0 nitrogen and oxygen atoms in total. The molecule has 0 heterocycles. The van der Waals surface area contributed by atoms with Crippen LogP contribution < -0.4 is 17.0 Å². The van der Waals surface area contributed by atoms with E-state index in [9.17, 15) is 0 Å². The molecule has 4 aromatic rings. The van der Waals surface area contributed by atoms with Crippen LogP contribution in [0.1, 0.15) is 6.42 Å². The van der Waals surface area contributed by atoms with Gasteiger partial charge in [0.2, 0.25) is 0 Å². The number of allylic oxidation sites excluding steroid dienone is 4. The summed E-state index contributed by atoms with van der Waals surface area (Å²) < 4.78 is 6.23. The molecule has 0 saturated heterocycles. The number of rotatable bonds is 6. The summed E-state index contributed by atoms with van der Waals surface area (Å²) in [6.07, 6.45) is 5.95. The number of hydrogen-bond acceptors (Lipinski definition) is 0. The predicted octanol–water partition coefficient (Wildman–Crippen LogP) is 5.49. The average Bonchev–Trinajstić information content (AvgIpc) is 3.38. The molecule has 4 aromatic carbocycles. The van der Waals surface area contributed by atoms with Gasteiger partial charge in [-0.2, -0.15) is 0 Å². The van der Waals surface area contributed by atoms with Crippen molar-refractivity contribution in [1.82, 2.24) is 0 Å². The SMILES string of the molecule is C[Si](C)(C1=[C]([Pt]([c]2ccccc2)([c]2ccccc2)[c]2ccccc2)CC=C1)c1ccccc1. The summed E-state index contributed by atoms with van der Waals surface area (Å²) in [5.41, 5.74) is 0. The minimum absolute atomic E-state index is 1.05. The van der Waals surface area contributed by atoms with Gasteiger partial charge in [0.05, 0.1) is 0 Å². The summed E-state index contributed by atoms with van der Waals surface area (Å²) in [6, 6.07) is 45.3. The summed E-state index contributed by atoms with van der Waals surface area (Å²) in [7, 11) is -1.88. The van der Waals surface area contributed by atoms with Crippen LogP contribution in [0.25, 0.3) is 0 Å². The molecule has 168 valence electrons. The summed E-state index contributed by atoms with van der Waals surface area (Å²) in [6.45, 7) is 5.06. The average molecular weight is 626 g/mol. The van der Waals surface area contributed by atoms with Crippen molar-refractivity contribution in [2.45, 2.75) is 19.5 Å². The first kappa shape index (κ1) is 22.1. The first-order valence-electron chi connectivity index (χ1n) is 11.4. The normalized spacial score (nSPS) is 14.5. The second kappa shape index (κ2) is 9.25. The van der Waals surface area contributed by atoms with Crippen molar-refractivity contribution in [3.05, 3.63) is 143 Å². The summed E-state index contributed by atoms with van der Waals surface area (Å²) in [4.78, 5) is 0. The third-order valence-electron chi connectivity index (χ3n) is 6.26. The molecular weight excluding hydrogens is 596 g/mol. The van der Waals surface area contributed by atoms with Gasteiger partial charge in [0.25, 0.3) is 0 Å². The van der Waals surface area contributed by atoms with Crippen LogP contribution >= 0.6 is 0 Å². The molecule has 0 bridgehead atoms. The van der Waals surface area contributed by atoms with E-state index >= 15 is 0 Å². The van der Waals surface area contributed by atoms with Crippen LogP contribution in [-0.4, -0.2) is 8.07 Å². The molecule has 0 N–H and O–H groups in total. The molecule has 0 amide bonds. The van der Waals surface area contributed by atoms with Gasteiger partial charge in [-0.05, 0) is 0 Å². The summed E-state index contributed by atoms with van der Waals surface area (Å²) in [5, 5.41) is 3.13. The third-order valence-corrected chi connectivity index (χ3v) is 21.7. The van der Waals surface area contributed by atoms with Gasteiger partial charge in [-0.3, -0.25) is 0 Å². The van der Waals surface area contributed by atoms with E-state index in [2.05, 4.69) is 147 Å². The van der Waals surface area contributed by atoms with Gasteiger partial charge >= 0.3 is 203 Å². The van der Waals surface area contributed by atoms with Crippen molar-refractivity contribution in [2.24, 2.45) is 0 Å². The Labute approximate surface area is 202 Å². The second-order valence-corrected chi connectivity index (χ2v) is 21.7. The van der Waals surface area contributed by atoms with E-state index in [1.807, 2.05) is 0 Å². The molecular formula is C31H30PtSi. The van der Waals surface area contributed by atoms with Crippen LogP contribution in [0.5, 0.6) is 0 Å². The van der Waals surface area contributed by atoms with Crippen molar-refractivity contribution >= 4 is 25.1 Å². The maximum absolute atomic E-state index is 3.08. The van der Waals surface area contributed by atoms with Gasteiger partial charge in [-0.1, -0.05) is 0 Å². The van der Waals surface area contributed by atoms with Gasteiger partial charge in [-0.25, -0.2) is 0 Å². The Kier molecular flexibility index (Phi) is 6.19. The van der Waals surface area contributed by atoms with Crippen LogP contribution in [0.15, 0.2) is 143 Å². The molecule has 0 aliphatic heterocycles. The fourth-order valence-corrected chi connectivity index (χ4v) is 21.7. The first-order valence-corrected chi connectivity index (χ1v) is 19.0. The van der Waals surface area contributed by atoms with Gasteiger partial charge in [-0.15, -0.1) is 0 Å². The van der Waals surface area contributed by atoms with E-state index in [0.29, 0.717) is 0 Å². The summed E-state index contributed by atoms with van der Waals surface area (Å²) in [5.74, 6) is 0. The Morgan fingerprint density at radius 2 is 0.939 bits per heavy atom. The molecule has 0 fully saturated rings. The zero-order chi connectivity index (χ0) is 22.7. The minimum atomic E-state index is -3.08. The molecule has 0 saturated carbocycles. The van der Waals surface area contributed by atoms with Gasteiger partial charge in [0.15, 0.2) is 0 Å². The van der Waals surface area contributed by atoms with E-state index in [1.165, 1.54) is 17.0 Å². The van der Waals surface area contributed by atoms with E-state index in [1.54, 1.807) is 9.16 Å². The van der Waals surface area contributed by atoms with Crippen LogP contribution in [0.3, 0.4) is 0 Å². The maximum atomic E-state index is 2.53. The molecule has 0 unspecified atom stereocenters. The molecule has 1 aliphatic rings. The Bertz CT molecular complexity index is 1180. The van der Waals surface area contributed by atoms with Crippen molar-refractivity contribution in [3.63, 3.8) is 0 Å². The monoisotopic (exact) mass is 625 g/mol. The molecule has 1 aliphatic carbocycles. The number of hydrogen-bond donors (Lipinski definition) is 0. The quantitative estimate of drug-likeness (QED) is 0.249. The van der Waals surface area contributed by atoms with E-state index in [4.69, 9.17) is 0 Å². The molecule has 0 radical (unpaired) electrons. The first-order chi connectivity index (χ1) is 16.1. The molecule has 0 aromatic heterocycles. The predicted molar refractivity (Wildman–Crippen MR) is 143 cm³/mol. The standard InChI is InChI=1S/C13H15Si.3C6H5.Pt/c1-14(2,13-10-6-7-11-13)12-8-4-3-5-9-12;3*1-2-4-6-5-3-1;/h3-6,8-10H,7H2,1-2H3;3*1-5H;. The number of benzene rings is 4. The van der Waals surface area contributed by atoms with Gasteiger partial charge in [0, 0.05) is 0 Å². The fourth-order valence-electron chi connectivity index (χ4n) is 4.56. The van der Waals surface area contributed by atoms with E-state index in [-0.39, 0.29) is 0 Å². The van der Waals surface area contributed by atoms with Crippen LogP contribution in [0, 0.1) is 0 Å². The van der Waals surface area contributed by atoms with Crippen molar-refractivity contribution in [1.29, 1.82) is 0 Å². The fraction of sp³-hybridized carbons (Fsp3) is 0.0968. The van der Waals surface area contributed by atoms with Crippen LogP contribution in [0.2, 0.25) is 13.1 Å². The van der Waals surface area contributed by atoms with E-state index in [0.717, 1.165) is 6.42 Å². The van der Waals surface area contributed by atoms with E-state index < -0.39 is 24.1 Å². The molecule has 5 rings (SSSR count). The zero-order valence-electron chi connectivity index (χ0n) is 19.2. The molecule has 33 heavy (non-hydrogen) atoms. The molecule has 0 spiro atoms. The molecule has 0 atom stereocenters. The second-order valence-electron chi connectivity index (χ2n) is 8.63. The zero-order valence-corrected chi connectivity index (χ0v) is 22.5. The Hall–Kier alpha value is -2.73. The Balaban J connectivity index is 1.88. The summed E-state index contributed by atoms with van der Waals surface area (Å²) >= 11 is -3.08. The van der Waals surface area contributed by atoms with Crippen molar-refractivity contribution in [3.8, 4) is 0 Å². The van der Waals surface area contributed by atoms with Crippen molar-refractivity contribution in [2.75, 3.05) is 0 Å². The Morgan fingerprint density at radius 3 is 1.36 bits per heavy atom. The van der Waals surface area contributed by atoms with Gasteiger partial charge in [0.1, 0.15) is 0 Å². The topological polar surface area (TPSA) is 0 Å². The Morgan fingerprint density at radius 1 is 0.545 bits per heavy atom. The van der Waals surface area contributed by atoms with Gasteiger partial charge < -0.3 is 0 Å². The van der Waals surface area contributed by atoms with Crippen molar-refractivity contribution < 1.29 is 16.1 Å². The van der Waals surface area contributed by atoms with Crippen LogP contribution in [-0.2, 0) is 16.1 Å². The van der Waals surface area contributed by atoms with Crippen LogP contribution in [0.4, 0.5) is 0 Å².